The van der Waals surface area contributed by atoms with Crippen LogP contribution in [-0.4, -0.2) is 18.1 Å². The van der Waals surface area contributed by atoms with Gasteiger partial charge in [0, 0.05) is 106 Å². The molecular weight excluding hydrogens is 793 g/mol. The molecule has 0 spiro atoms. The van der Waals surface area contributed by atoms with Crippen molar-refractivity contribution >= 4 is 5.91 Å². The van der Waals surface area contributed by atoms with Crippen molar-refractivity contribution in [3.8, 4) is 0 Å². The van der Waals surface area contributed by atoms with E-state index in [4.69, 9.17) is 4.52 Å². The van der Waals surface area contributed by atoms with E-state index in [1.165, 1.54) is 7.05 Å². The van der Waals surface area contributed by atoms with Gasteiger partial charge in [-0.15, -0.1) is 7.05 Å². The number of rotatable bonds is 3. The summed E-state index contributed by atoms with van der Waals surface area (Å²) in [6, 6.07) is 0. The first-order valence-corrected chi connectivity index (χ1v) is 6.32. The molecule has 0 saturated heterocycles. The number of carbonyl (C=O) groups excluding carboxylic acids is 1. The van der Waals surface area contributed by atoms with Gasteiger partial charge >= 0.3 is 0 Å². The van der Waals surface area contributed by atoms with Crippen molar-refractivity contribution in [1.82, 2.24) is 5.16 Å². The van der Waals surface area contributed by atoms with Crippen molar-refractivity contribution < 1.29 is 104 Å². The molecule has 0 aliphatic heterocycles. The number of amides is 1. The Kier molecular flexibility index (Phi) is 35.7. The van der Waals surface area contributed by atoms with Crippen molar-refractivity contribution in [3.63, 3.8) is 0 Å². The van der Waals surface area contributed by atoms with Crippen molar-refractivity contribution in [2.24, 2.45) is 0 Å². The van der Waals surface area contributed by atoms with Crippen LogP contribution in [0, 0.1) is 83.0 Å². The number of aromatic nitrogens is 1. The van der Waals surface area contributed by atoms with Crippen LogP contribution in [-0.2, 0) is 37.5 Å². The normalized spacial score (nSPS) is 8.95. The first-order valence-electron chi connectivity index (χ1n) is 6.32. The molecule has 0 aliphatic rings. The molecule has 1 heterocycles. The maximum atomic E-state index is 11.1. The van der Waals surface area contributed by atoms with Crippen LogP contribution in [0.3, 0.4) is 0 Å². The largest absolute Gasteiger partial charge is 0.656 e. The maximum Gasteiger partial charge on any atom is 0.136 e. The molecule has 0 aromatic carbocycles. The van der Waals surface area contributed by atoms with Gasteiger partial charge in [0.2, 0.25) is 0 Å². The third kappa shape index (κ3) is 14.0. The smallest absolute Gasteiger partial charge is 0.136 e. The van der Waals surface area contributed by atoms with E-state index in [0.717, 1.165) is 17.0 Å². The van der Waals surface area contributed by atoms with Crippen molar-refractivity contribution in [3.05, 3.63) is 29.3 Å². The Bertz CT molecular complexity index is 348. The fraction of sp³-hybridized carbons (Fsp3) is 0.643. The van der Waals surface area contributed by atoms with Gasteiger partial charge in [0.15, 0.2) is 0 Å². The minimum absolute atomic E-state index is 0. The van der Waals surface area contributed by atoms with E-state index < -0.39 is 0 Å². The summed E-state index contributed by atoms with van der Waals surface area (Å²) in [5, 5.41) is 7.53. The first-order chi connectivity index (χ1) is 8.56. The average Bonchev–Trinajstić information content (AvgIpc) is 2.74. The number of nitrogens with zero attached hydrogens (tertiary/aromatic N) is 2. The third-order valence-electron chi connectivity index (χ3n) is 2.39. The van der Waals surface area contributed by atoms with Gasteiger partial charge in [-0.05, 0) is 20.3 Å². The van der Waals surface area contributed by atoms with Gasteiger partial charge < -0.3 is 21.6 Å². The van der Waals surface area contributed by atoms with Gasteiger partial charge in [0.05, 0.1) is 11.6 Å². The minimum Gasteiger partial charge on any atom is -0.656 e. The molecule has 1 aromatic rings. The Balaban J connectivity index is -0.000000112. The van der Waals surface area contributed by atoms with E-state index in [0.29, 0.717) is 6.42 Å². The molecule has 0 fully saturated rings. The third-order valence-corrected chi connectivity index (χ3v) is 2.39. The quantitative estimate of drug-likeness (QED) is 0.431. The van der Waals surface area contributed by atoms with Crippen LogP contribution >= 0.6 is 0 Å². The molecule has 1 aromatic heterocycles. The van der Waals surface area contributed by atoms with Gasteiger partial charge in [-0.1, -0.05) is 25.9 Å². The van der Waals surface area contributed by atoms with Crippen LogP contribution < -0.4 is 0 Å². The Morgan fingerprint density at radius 3 is 2.00 bits per heavy atom. The Labute approximate surface area is 202 Å². The predicted molar refractivity (Wildman–Crippen MR) is 75.7 cm³/mol. The molecular formula is C14H26N2O2U2Y-2. The van der Waals surface area contributed by atoms with E-state index >= 15 is 0 Å². The molecule has 21 heavy (non-hydrogen) atoms. The summed E-state index contributed by atoms with van der Waals surface area (Å²) in [7, 11) is 1.51. The standard InChI is InChI=1S/C10H16N2O2.C2H6.C2H5.2U.Y/c1-6(5-9(13)11-4)10-7(2)8(3)14-12-10;2*1-2;;;/h6H,5H2,1-4H3,(H,11,13);1-2H3;1H2,2H3;;;/q;;-1;;;/p-1. The zero-order chi connectivity index (χ0) is 14.7. The van der Waals surface area contributed by atoms with Crippen LogP contribution in [0.4, 0.5) is 0 Å². The summed E-state index contributed by atoms with van der Waals surface area (Å²) in [4.78, 5) is 11.1. The van der Waals surface area contributed by atoms with E-state index in [2.05, 4.69) is 17.4 Å². The molecule has 7 heteroatoms. The van der Waals surface area contributed by atoms with Gasteiger partial charge in [-0.2, -0.15) is 6.92 Å². The van der Waals surface area contributed by atoms with E-state index in [1.54, 1.807) is 6.92 Å². The summed E-state index contributed by atoms with van der Waals surface area (Å²) in [6.45, 7) is 14.8. The molecule has 1 amide bonds. The van der Waals surface area contributed by atoms with Crippen LogP contribution in [0.5, 0.6) is 0 Å². The molecule has 1 radical (unpaired) electrons. The molecule has 1 unspecified atom stereocenters. The monoisotopic (exact) mass is 819 g/mol. The van der Waals surface area contributed by atoms with E-state index in [9.17, 15) is 4.79 Å². The molecule has 1 rings (SSSR count). The van der Waals surface area contributed by atoms with Crippen LogP contribution in [0.1, 0.15) is 57.1 Å². The summed E-state index contributed by atoms with van der Waals surface area (Å²) in [6.07, 6.45) is 0.392. The first kappa shape index (κ1) is 34.3. The topological polar surface area (TPSA) is 57.2 Å². The molecule has 0 saturated carbocycles. The molecule has 0 aliphatic carbocycles. The Morgan fingerprint density at radius 2 is 1.71 bits per heavy atom. The van der Waals surface area contributed by atoms with E-state index in [-0.39, 0.29) is 107 Å². The zero-order valence-corrected chi connectivity index (χ0v) is 25.4. The molecule has 4 nitrogen and oxygen atoms in total. The molecule has 117 valence electrons. The Hall–Kier alpha value is 1.89. The molecule has 1 atom stereocenters. The summed E-state index contributed by atoms with van der Waals surface area (Å²) < 4.78 is 5.04. The fourth-order valence-electron chi connectivity index (χ4n) is 1.34. The van der Waals surface area contributed by atoms with Gasteiger partial charge in [-0.3, -0.25) is 0 Å². The van der Waals surface area contributed by atoms with E-state index in [1.807, 2.05) is 34.6 Å². The number of aryl methyl sites for hydroxylation is 1. The minimum atomic E-state index is -0.0995. The maximum absolute atomic E-state index is 11.1. The van der Waals surface area contributed by atoms with Gasteiger partial charge in [0.25, 0.3) is 0 Å². The Morgan fingerprint density at radius 1 is 1.29 bits per heavy atom. The summed E-state index contributed by atoms with van der Waals surface area (Å²) in [5.41, 5.74) is 1.89. The van der Waals surface area contributed by atoms with Crippen molar-refractivity contribution in [1.29, 1.82) is 0 Å². The van der Waals surface area contributed by atoms with Crippen LogP contribution in [0.15, 0.2) is 4.52 Å². The van der Waals surface area contributed by atoms with Gasteiger partial charge in [0.1, 0.15) is 5.76 Å². The summed E-state index contributed by atoms with van der Waals surface area (Å²) >= 11 is 0. The molecule has 0 N–H and O–H groups in total. The second kappa shape index (κ2) is 21.9. The average molecular weight is 819 g/mol. The van der Waals surface area contributed by atoms with Crippen molar-refractivity contribution in [2.75, 3.05) is 7.05 Å². The second-order valence-electron chi connectivity index (χ2n) is 3.47. The van der Waals surface area contributed by atoms with Crippen molar-refractivity contribution in [2.45, 2.75) is 53.9 Å². The zero-order valence-electron chi connectivity index (χ0n) is 14.3. The number of hydrogen-bond donors (Lipinski definition) is 0. The molecule has 0 bridgehead atoms. The predicted octanol–water partition coefficient (Wildman–Crippen LogP) is 4.18. The van der Waals surface area contributed by atoms with Crippen LogP contribution in [0.25, 0.3) is 5.32 Å². The summed E-state index contributed by atoms with van der Waals surface area (Å²) in [5.74, 6) is 0.786. The number of hydrogen-bond acceptors (Lipinski definition) is 3. The van der Waals surface area contributed by atoms with Crippen LogP contribution in [0.2, 0.25) is 0 Å². The second-order valence-corrected chi connectivity index (χ2v) is 3.47. The number of carbonyl (C=O) groups is 1. The SMILES string of the molecule is CC.C[N-]C(=O)CC(C)c1noc(C)c1C.[CH2-]C.[U].[U].[Y]. The fourth-order valence-corrected chi connectivity index (χ4v) is 1.34. The van der Waals surface area contributed by atoms with Gasteiger partial charge in [-0.25, -0.2) is 0 Å².